The largest absolute Gasteiger partial charge is 0.266 e. The Balaban J connectivity index is 2.55. The lowest BCUT2D eigenvalue weighted by atomic mass is 10.2. The van der Waals surface area contributed by atoms with Crippen molar-refractivity contribution >= 4 is 22.6 Å². The van der Waals surface area contributed by atoms with Gasteiger partial charge in [0.2, 0.25) is 0 Å². The van der Waals surface area contributed by atoms with E-state index in [4.69, 9.17) is 0 Å². The van der Waals surface area contributed by atoms with E-state index in [1.54, 1.807) is 6.20 Å². The summed E-state index contributed by atoms with van der Waals surface area (Å²) in [6.45, 7) is 6.37. The first-order chi connectivity index (χ1) is 7.61. The molecule has 0 fully saturated rings. The number of rotatable bonds is 2. The molecule has 3 nitrogen and oxygen atoms in total. The molecule has 84 valence electrons. The van der Waals surface area contributed by atoms with Crippen LogP contribution in [0.5, 0.6) is 0 Å². The summed E-state index contributed by atoms with van der Waals surface area (Å²) in [5.74, 6) is 0. The highest BCUT2D eigenvalue weighted by molar-refractivity contribution is 14.1. The molecule has 0 unspecified atom stereocenters. The molecular weight excluding hydrogens is 313 g/mol. The van der Waals surface area contributed by atoms with Gasteiger partial charge in [0.15, 0.2) is 0 Å². The summed E-state index contributed by atoms with van der Waals surface area (Å²) in [4.78, 5) is 4.34. The van der Waals surface area contributed by atoms with E-state index in [1.165, 1.54) is 9.26 Å². The van der Waals surface area contributed by atoms with E-state index < -0.39 is 0 Å². The topological polar surface area (TPSA) is 30.7 Å². The summed E-state index contributed by atoms with van der Waals surface area (Å²) < 4.78 is 3.23. The molecule has 16 heavy (non-hydrogen) atoms. The van der Waals surface area contributed by atoms with Crippen molar-refractivity contribution in [2.24, 2.45) is 0 Å². The van der Waals surface area contributed by atoms with Crippen LogP contribution in [-0.4, -0.2) is 14.8 Å². The lowest BCUT2D eigenvalue weighted by molar-refractivity contribution is 0.520. The van der Waals surface area contributed by atoms with Gasteiger partial charge < -0.3 is 0 Å². The van der Waals surface area contributed by atoms with Crippen molar-refractivity contribution in [2.45, 2.75) is 26.8 Å². The molecule has 0 bridgehead atoms. The third-order valence-electron chi connectivity index (χ3n) is 2.47. The molecule has 0 aliphatic rings. The Labute approximate surface area is 109 Å². The van der Waals surface area contributed by atoms with E-state index >= 15 is 0 Å². The molecule has 0 atom stereocenters. The molecule has 0 spiro atoms. The Morgan fingerprint density at radius 1 is 1.31 bits per heavy atom. The quantitative estimate of drug-likeness (QED) is 0.791. The van der Waals surface area contributed by atoms with Gasteiger partial charge in [0.25, 0.3) is 0 Å². The summed E-state index contributed by atoms with van der Waals surface area (Å²) in [5, 5.41) is 4.63. The lowest BCUT2D eigenvalue weighted by Gasteiger charge is -2.06. The molecule has 0 radical (unpaired) electrons. The van der Waals surface area contributed by atoms with Gasteiger partial charge >= 0.3 is 0 Å². The van der Waals surface area contributed by atoms with Crippen LogP contribution in [0.2, 0.25) is 0 Å². The van der Waals surface area contributed by atoms with Crippen molar-refractivity contribution in [2.75, 3.05) is 0 Å². The maximum atomic E-state index is 4.63. The Morgan fingerprint density at radius 2 is 2.06 bits per heavy atom. The molecule has 2 rings (SSSR count). The molecule has 0 aromatic carbocycles. The third kappa shape index (κ3) is 1.98. The summed E-state index contributed by atoms with van der Waals surface area (Å²) in [5.41, 5.74) is 3.12. The first kappa shape index (κ1) is 11.6. The number of aromatic nitrogens is 3. The maximum absolute atomic E-state index is 4.63. The third-order valence-corrected chi connectivity index (χ3v) is 3.77. The summed E-state index contributed by atoms with van der Waals surface area (Å²) >= 11 is 2.34. The van der Waals surface area contributed by atoms with Crippen LogP contribution in [0.25, 0.3) is 11.4 Å². The summed E-state index contributed by atoms with van der Waals surface area (Å²) in [7, 11) is 0. The van der Waals surface area contributed by atoms with Crippen LogP contribution in [0, 0.1) is 10.5 Å². The van der Waals surface area contributed by atoms with Crippen LogP contribution < -0.4 is 0 Å². The van der Waals surface area contributed by atoms with E-state index in [2.05, 4.69) is 53.4 Å². The van der Waals surface area contributed by atoms with Crippen molar-refractivity contribution in [3.63, 3.8) is 0 Å². The molecular formula is C12H14IN3. The van der Waals surface area contributed by atoms with Gasteiger partial charge in [-0.25, -0.2) is 0 Å². The zero-order valence-corrected chi connectivity index (χ0v) is 11.8. The zero-order valence-electron chi connectivity index (χ0n) is 9.61. The molecule has 0 amide bonds. The van der Waals surface area contributed by atoms with Crippen LogP contribution in [0.4, 0.5) is 0 Å². The Bertz CT molecular complexity index is 488. The Kier molecular flexibility index (Phi) is 3.28. The Hall–Kier alpha value is -0.910. The molecule has 2 heterocycles. The van der Waals surface area contributed by atoms with Gasteiger partial charge in [0, 0.05) is 17.9 Å². The molecule has 0 N–H and O–H groups in total. The summed E-state index contributed by atoms with van der Waals surface area (Å²) in [6.07, 6.45) is 1.80. The monoisotopic (exact) mass is 327 g/mol. The van der Waals surface area contributed by atoms with E-state index in [1.807, 2.05) is 22.9 Å². The summed E-state index contributed by atoms with van der Waals surface area (Å²) in [6, 6.07) is 6.28. The van der Waals surface area contributed by atoms with Gasteiger partial charge in [-0.3, -0.25) is 9.67 Å². The fourth-order valence-corrected chi connectivity index (χ4v) is 2.30. The standard InChI is InChI=1S/C12H14IN3/c1-8(2)16-9(3)11(13)12(15-16)10-6-4-5-7-14-10/h4-8H,1-3H3. The van der Waals surface area contributed by atoms with Gasteiger partial charge in [0.1, 0.15) is 5.69 Å². The van der Waals surface area contributed by atoms with Crippen LogP contribution in [0.3, 0.4) is 0 Å². The van der Waals surface area contributed by atoms with E-state index in [0.717, 1.165) is 11.4 Å². The average molecular weight is 327 g/mol. The Morgan fingerprint density at radius 3 is 2.56 bits per heavy atom. The molecule has 2 aromatic heterocycles. The van der Waals surface area contributed by atoms with Crippen LogP contribution in [-0.2, 0) is 0 Å². The van der Waals surface area contributed by atoms with Crippen LogP contribution in [0.1, 0.15) is 25.6 Å². The fraction of sp³-hybridized carbons (Fsp3) is 0.333. The highest BCUT2D eigenvalue weighted by atomic mass is 127. The molecule has 0 aliphatic carbocycles. The highest BCUT2D eigenvalue weighted by Gasteiger charge is 2.15. The molecule has 2 aromatic rings. The van der Waals surface area contributed by atoms with E-state index in [-0.39, 0.29) is 0 Å². The second-order valence-electron chi connectivity index (χ2n) is 4.00. The zero-order chi connectivity index (χ0) is 11.7. The second kappa shape index (κ2) is 4.53. The first-order valence-corrected chi connectivity index (χ1v) is 6.35. The first-order valence-electron chi connectivity index (χ1n) is 5.27. The van der Waals surface area contributed by atoms with Gasteiger partial charge in [0.05, 0.1) is 9.26 Å². The normalized spacial score (nSPS) is 11.1. The average Bonchev–Trinajstić information content (AvgIpc) is 2.58. The fourth-order valence-electron chi connectivity index (χ4n) is 1.67. The van der Waals surface area contributed by atoms with Crippen LogP contribution in [0.15, 0.2) is 24.4 Å². The smallest absolute Gasteiger partial charge is 0.124 e. The minimum atomic E-state index is 0.381. The molecule has 0 aliphatic heterocycles. The van der Waals surface area contributed by atoms with E-state index in [9.17, 15) is 0 Å². The van der Waals surface area contributed by atoms with Crippen molar-refractivity contribution in [3.8, 4) is 11.4 Å². The van der Waals surface area contributed by atoms with Crippen molar-refractivity contribution < 1.29 is 0 Å². The molecule has 4 heteroatoms. The highest BCUT2D eigenvalue weighted by Crippen LogP contribution is 2.26. The number of nitrogens with zero attached hydrogens (tertiary/aromatic N) is 3. The van der Waals surface area contributed by atoms with E-state index in [0.29, 0.717) is 6.04 Å². The minimum absolute atomic E-state index is 0.381. The number of halogens is 1. The number of pyridine rings is 1. The van der Waals surface area contributed by atoms with Gasteiger partial charge in [-0.05, 0) is 55.5 Å². The van der Waals surface area contributed by atoms with Crippen molar-refractivity contribution in [3.05, 3.63) is 33.7 Å². The van der Waals surface area contributed by atoms with Gasteiger partial charge in [-0.1, -0.05) is 6.07 Å². The maximum Gasteiger partial charge on any atom is 0.124 e. The molecule has 0 saturated heterocycles. The predicted octanol–water partition coefficient (Wildman–Crippen LogP) is 3.44. The minimum Gasteiger partial charge on any atom is -0.266 e. The number of hydrogen-bond donors (Lipinski definition) is 0. The predicted molar refractivity (Wildman–Crippen MR) is 73.3 cm³/mol. The van der Waals surface area contributed by atoms with Gasteiger partial charge in [-0.2, -0.15) is 5.10 Å². The van der Waals surface area contributed by atoms with Crippen molar-refractivity contribution in [1.82, 2.24) is 14.8 Å². The lowest BCUT2D eigenvalue weighted by Crippen LogP contribution is -2.04. The van der Waals surface area contributed by atoms with Gasteiger partial charge in [-0.15, -0.1) is 0 Å². The SMILES string of the molecule is Cc1c(I)c(-c2ccccn2)nn1C(C)C. The number of hydrogen-bond acceptors (Lipinski definition) is 2. The molecule has 0 saturated carbocycles. The van der Waals surface area contributed by atoms with Crippen LogP contribution >= 0.6 is 22.6 Å². The van der Waals surface area contributed by atoms with Crippen molar-refractivity contribution in [1.29, 1.82) is 0 Å². The second-order valence-corrected chi connectivity index (χ2v) is 5.08.